The Morgan fingerprint density at radius 3 is 2.52 bits per heavy atom. The molecule has 2 heterocycles. The van der Waals surface area contributed by atoms with Crippen LogP contribution in [-0.4, -0.2) is 15.0 Å². The van der Waals surface area contributed by atoms with Crippen LogP contribution in [0.15, 0.2) is 36.5 Å². The Balaban J connectivity index is 1.99. The quantitative estimate of drug-likeness (QED) is 0.766. The summed E-state index contributed by atoms with van der Waals surface area (Å²) in [6, 6.07) is 9.79. The van der Waals surface area contributed by atoms with Crippen molar-refractivity contribution in [3.8, 4) is 10.6 Å². The maximum absolute atomic E-state index is 6.24. The van der Waals surface area contributed by atoms with E-state index >= 15 is 0 Å². The summed E-state index contributed by atoms with van der Waals surface area (Å²) in [5.74, 6) is 0.519. The van der Waals surface area contributed by atoms with E-state index in [-0.39, 0.29) is 0 Å². The second kappa shape index (κ2) is 5.79. The first-order valence-electron chi connectivity index (χ1n) is 6.42. The highest BCUT2D eigenvalue weighted by molar-refractivity contribution is 7.15. The SMILES string of the molecule is Cc1nc(C)c(-c2nc(Nc3ccccc3)ncc2Cl)s1. The smallest absolute Gasteiger partial charge is 0.227 e. The molecule has 0 aliphatic heterocycles. The van der Waals surface area contributed by atoms with E-state index in [1.165, 1.54) is 0 Å². The lowest BCUT2D eigenvalue weighted by molar-refractivity contribution is 1.16. The van der Waals surface area contributed by atoms with Gasteiger partial charge in [-0.05, 0) is 26.0 Å². The molecule has 21 heavy (non-hydrogen) atoms. The Labute approximate surface area is 131 Å². The van der Waals surface area contributed by atoms with E-state index in [0.717, 1.165) is 21.3 Å². The van der Waals surface area contributed by atoms with Crippen molar-refractivity contribution in [2.75, 3.05) is 5.32 Å². The predicted molar refractivity (Wildman–Crippen MR) is 87.3 cm³/mol. The van der Waals surface area contributed by atoms with Crippen molar-refractivity contribution in [3.63, 3.8) is 0 Å². The fourth-order valence-electron chi connectivity index (χ4n) is 1.99. The molecule has 0 aliphatic rings. The molecular weight excluding hydrogens is 304 g/mol. The van der Waals surface area contributed by atoms with E-state index in [1.54, 1.807) is 17.5 Å². The third kappa shape index (κ3) is 3.04. The van der Waals surface area contributed by atoms with E-state index in [0.29, 0.717) is 16.7 Å². The predicted octanol–water partition coefficient (Wildman–Crippen LogP) is 4.61. The van der Waals surface area contributed by atoms with Crippen LogP contribution >= 0.6 is 22.9 Å². The van der Waals surface area contributed by atoms with Crippen LogP contribution < -0.4 is 5.32 Å². The number of halogens is 1. The van der Waals surface area contributed by atoms with E-state index in [4.69, 9.17) is 11.6 Å². The van der Waals surface area contributed by atoms with Crippen molar-refractivity contribution in [2.24, 2.45) is 0 Å². The second-order valence-corrected chi connectivity index (χ2v) is 6.14. The molecule has 0 amide bonds. The summed E-state index contributed by atoms with van der Waals surface area (Å²) in [4.78, 5) is 14.2. The Morgan fingerprint density at radius 2 is 1.86 bits per heavy atom. The normalized spacial score (nSPS) is 10.6. The van der Waals surface area contributed by atoms with Gasteiger partial charge in [0.05, 0.1) is 26.8 Å². The van der Waals surface area contributed by atoms with Crippen LogP contribution in [-0.2, 0) is 0 Å². The molecule has 3 rings (SSSR count). The standard InChI is InChI=1S/C15H13ClN4S/c1-9-14(21-10(2)18-9)13-12(16)8-17-15(20-13)19-11-6-4-3-5-7-11/h3-8H,1-2H3,(H,17,19,20). The summed E-state index contributed by atoms with van der Waals surface area (Å²) in [6.45, 7) is 3.93. The largest absolute Gasteiger partial charge is 0.324 e. The highest BCUT2D eigenvalue weighted by atomic mass is 35.5. The average Bonchev–Trinajstić information content (AvgIpc) is 2.81. The number of aryl methyl sites for hydroxylation is 2. The van der Waals surface area contributed by atoms with Crippen LogP contribution in [0.1, 0.15) is 10.7 Å². The number of para-hydroxylation sites is 1. The fraction of sp³-hybridized carbons (Fsp3) is 0.133. The van der Waals surface area contributed by atoms with Crippen molar-refractivity contribution < 1.29 is 0 Å². The summed E-state index contributed by atoms with van der Waals surface area (Å²) in [5, 5.41) is 4.69. The summed E-state index contributed by atoms with van der Waals surface area (Å²) in [5.41, 5.74) is 2.58. The lowest BCUT2D eigenvalue weighted by Gasteiger charge is -2.07. The number of benzene rings is 1. The molecule has 3 aromatic rings. The van der Waals surface area contributed by atoms with Crippen molar-refractivity contribution in [2.45, 2.75) is 13.8 Å². The summed E-state index contributed by atoms with van der Waals surface area (Å²) in [6.07, 6.45) is 1.61. The Morgan fingerprint density at radius 1 is 1.10 bits per heavy atom. The molecule has 2 aromatic heterocycles. The zero-order valence-electron chi connectivity index (χ0n) is 11.6. The van der Waals surface area contributed by atoms with Gasteiger partial charge in [0.2, 0.25) is 5.95 Å². The Hall–Kier alpha value is -1.98. The molecule has 0 radical (unpaired) electrons. The van der Waals surface area contributed by atoms with Gasteiger partial charge >= 0.3 is 0 Å². The highest BCUT2D eigenvalue weighted by Gasteiger charge is 2.14. The van der Waals surface area contributed by atoms with E-state index in [2.05, 4.69) is 20.3 Å². The van der Waals surface area contributed by atoms with Gasteiger partial charge in [0.1, 0.15) is 5.69 Å². The Kier molecular flexibility index (Phi) is 3.86. The molecule has 0 fully saturated rings. The first kappa shape index (κ1) is 14.0. The van der Waals surface area contributed by atoms with Crippen LogP contribution in [0.5, 0.6) is 0 Å². The van der Waals surface area contributed by atoms with Gasteiger partial charge in [0.25, 0.3) is 0 Å². The third-order valence-corrected chi connectivity index (χ3v) is 4.25. The first-order valence-corrected chi connectivity index (χ1v) is 7.62. The van der Waals surface area contributed by atoms with Crippen molar-refractivity contribution in [1.29, 1.82) is 0 Å². The molecule has 106 valence electrons. The van der Waals surface area contributed by atoms with Gasteiger partial charge in [-0.25, -0.2) is 15.0 Å². The minimum Gasteiger partial charge on any atom is -0.324 e. The maximum Gasteiger partial charge on any atom is 0.227 e. The minimum atomic E-state index is 0.519. The molecule has 6 heteroatoms. The van der Waals surface area contributed by atoms with Gasteiger partial charge in [-0.2, -0.15) is 0 Å². The number of hydrogen-bond acceptors (Lipinski definition) is 5. The van der Waals surface area contributed by atoms with Crippen LogP contribution in [0.25, 0.3) is 10.6 Å². The van der Waals surface area contributed by atoms with Crippen molar-refractivity contribution >= 4 is 34.6 Å². The molecular formula is C15H13ClN4S. The van der Waals surface area contributed by atoms with Gasteiger partial charge in [-0.1, -0.05) is 29.8 Å². The number of hydrogen-bond donors (Lipinski definition) is 1. The summed E-state index contributed by atoms with van der Waals surface area (Å²) in [7, 11) is 0. The van der Waals surface area contributed by atoms with Crippen LogP contribution in [0.3, 0.4) is 0 Å². The van der Waals surface area contributed by atoms with Crippen LogP contribution in [0, 0.1) is 13.8 Å². The van der Waals surface area contributed by atoms with Crippen molar-refractivity contribution in [1.82, 2.24) is 15.0 Å². The molecule has 0 aliphatic carbocycles. The monoisotopic (exact) mass is 316 g/mol. The van der Waals surface area contributed by atoms with Gasteiger partial charge < -0.3 is 5.32 Å². The third-order valence-electron chi connectivity index (χ3n) is 2.89. The summed E-state index contributed by atoms with van der Waals surface area (Å²) >= 11 is 7.82. The topological polar surface area (TPSA) is 50.7 Å². The molecule has 1 aromatic carbocycles. The lowest BCUT2D eigenvalue weighted by Crippen LogP contribution is -1.98. The zero-order valence-corrected chi connectivity index (χ0v) is 13.2. The van der Waals surface area contributed by atoms with Crippen LogP contribution in [0.4, 0.5) is 11.6 Å². The number of nitrogens with one attached hydrogen (secondary N) is 1. The van der Waals surface area contributed by atoms with Gasteiger partial charge in [0.15, 0.2) is 0 Å². The number of nitrogens with zero attached hydrogens (tertiary/aromatic N) is 3. The van der Waals surface area contributed by atoms with E-state index < -0.39 is 0 Å². The van der Waals surface area contributed by atoms with Crippen molar-refractivity contribution in [3.05, 3.63) is 52.3 Å². The second-order valence-electron chi connectivity index (χ2n) is 4.53. The molecule has 1 N–H and O–H groups in total. The Bertz CT molecular complexity index is 771. The molecule has 0 unspecified atom stereocenters. The van der Waals surface area contributed by atoms with E-state index in [1.807, 2.05) is 44.2 Å². The molecule has 0 atom stereocenters. The van der Waals surface area contributed by atoms with Gasteiger partial charge in [-0.15, -0.1) is 11.3 Å². The molecule has 0 saturated heterocycles. The highest BCUT2D eigenvalue weighted by Crippen LogP contribution is 2.33. The van der Waals surface area contributed by atoms with Crippen LogP contribution in [0.2, 0.25) is 5.02 Å². The van der Waals surface area contributed by atoms with E-state index in [9.17, 15) is 0 Å². The minimum absolute atomic E-state index is 0.519. The summed E-state index contributed by atoms with van der Waals surface area (Å²) < 4.78 is 0. The maximum atomic E-state index is 6.24. The molecule has 0 spiro atoms. The number of aromatic nitrogens is 3. The fourth-order valence-corrected chi connectivity index (χ4v) is 3.15. The lowest BCUT2D eigenvalue weighted by atomic mass is 10.3. The van der Waals surface area contributed by atoms with Gasteiger partial charge in [0, 0.05) is 5.69 Å². The first-order chi connectivity index (χ1) is 10.1. The number of thiazole rings is 1. The number of rotatable bonds is 3. The molecule has 0 saturated carbocycles. The van der Waals surface area contributed by atoms with Gasteiger partial charge in [-0.3, -0.25) is 0 Å². The average molecular weight is 317 g/mol. The number of anilines is 2. The molecule has 0 bridgehead atoms. The zero-order chi connectivity index (χ0) is 14.8. The molecule has 4 nitrogen and oxygen atoms in total.